The number of rotatable bonds is 8. The van der Waals surface area contributed by atoms with Crippen molar-refractivity contribution in [3.8, 4) is 5.75 Å². The van der Waals surface area contributed by atoms with Gasteiger partial charge in [-0.15, -0.1) is 0 Å². The predicted molar refractivity (Wildman–Crippen MR) is 161 cm³/mol. The van der Waals surface area contributed by atoms with Crippen LogP contribution in [0.5, 0.6) is 5.75 Å². The Morgan fingerprint density at radius 1 is 1.05 bits per heavy atom. The van der Waals surface area contributed by atoms with E-state index in [2.05, 4.69) is 10.1 Å². The number of anilines is 1. The van der Waals surface area contributed by atoms with Crippen LogP contribution in [0.25, 0.3) is 10.2 Å². The quantitative estimate of drug-likeness (QED) is 0.207. The number of amides is 2. The van der Waals surface area contributed by atoms with Crippen LogP contribution in [0.1, 0.15) is 22.8 Å². The van der Waals surface area contributed by atoms with Gasteiger partial charge < -0.3 is 14.4 Å². The van der Waals surface area contributed by atoms with E-state index in [9.17, 15) is 22.4 Å². The zero-order valence-corrected chi connectivity index (χ0v) is 25.0. The monoisotopic (exact) mass is 625 g/mol. The van der Waals surface area contributed by atoms with E-state index in [1.54, 1.807) is 38.3 Å². The van der Waals surface area contributed by atoms with E-state index >= 15 is 0 Å². The lowest BCUT2D eigenvalue weighted by atomic mass is 10.2. The van der Waals surface area contributed by atoms with E-state index in [1.807, 2.05) is 0 Å². The molecule has 0 saturated carbocycles. The summed E-state index contributed by atoms with van der Waals surface area (Å²) >= 11 is 1.10. The van der Waals surface area contributed by atoms with Gasteiger partial charge in [-0.25, -0.2) is 22.6 Å². The summed E-state index contributed by atoms with van der Waals surface area (Å²) in [5.41, 5.74) is 1.36. The molecule has 0 N–H and O–H groups in total. The number of piperazine rings is 1. The average Bonchev–Trinajstić information content (AvgIpc) is 3.44. The minimum Gasteiger partial charge on any atom is -0.497 e. The molecule has 1 aromatic heterocycles. The molecule has 0 unspecified atom stereocenters. The Kier molecular flexibility index (Phi) is 8.99. The third-order valence-corrected chi connectivity index (χ3v) is 9.56. The highest BCUT2D eigenvalue weighted by atomic mass is 32.2. The molecule has 1 saturated heterocycles. The van der Waals surface area contributed by atoms with Crippen LogP contribution in [0.2, 0.25) is 0 Å². The van der Waals surface area contributed by atoms with Crippen molar-refractivity contribution in [1.29, 1.82) is 0 Å². The van der Waals surface area contributed by atoms with Crippen LogP contribution < -0.4 is 9.75 Å². The summed E-state index contributed by atoms with van der Waals surface area (Å²) < 4.78 is 52.4. The van der Waals surface area contributed by atoms with Gasteiger partial charge in [0.2, 0.25) is 15.2 Å². The van der Waals surface area contributed by atoms with Crippen molar-refractivity contribution in [1.82, 2.24) is 14.2 Å². The molecule has 2 heterocycles. The number of carbonyl (C=O) groups is 2. The Labute approximate surface area is 251 Å². The fraction of sp³-hybridized carbons (Fsp3) is 0.241. The van der Waals surface area contributed by atoms with Gasteiger partial charge in [0.15, 0.2) is 0 Å². The molecule has 0 bridgehead atoms. The third kappa shape index (κ3) is 6.66. The molecule has 11 nitrogen and oxygen atoms in total. The molecule has 4 aromatic rings. The van der Waals surface area contributed by atoms with Crippen molar-refractivity contribution in [2.45, 2.75) is 11.8 Å². The topological polar surface area (TPSA) is 122 Å². The Morgan fingerprint density at radius 2 is 1.74 bits per heavy atom. The standard InChI is InChI=1S/C29H28FN5O6S2/c1-3-41-29(37)33-14-16-34(17-15-33)43(38,39)24-11-6-21(7-12-24)27(36)35(31-19-20-4-9-23(40-2)10-5-20)28-32-25-13-8-22(30)18-26(25)42-28/h4-13,18-19H,3,14-17H2,1-2H3/b31-19+. The van der Waals surface area contributed by atoms with Gasteiger partial charge in [-0.2, -0.15) is 14.4 Å². The summed E-state index contributed by atoms with van der Waals surface area (Å²) in [5.74, 6) is -0.327. The smallest absolute Gasteiger partial charge is 0.409 e. The van der Waals surface area contributed by atoms with Crippen LogP contribution in [0.3, 0.4) is 0 Å². The lowest BCUT2D eigenvalue weighted by Gasteiger charge is -2.33. The number of methoxy groups -OCH3 is 1. The van der Waals surface area contributed by atoms with Crippen LogP contribution in [0, 0.1) is 5.82 Å². The first-order valence-electron chi connectivity index (χ1n) is 13.3. The Hall–Kier alpha value is -4.40. The number of nitrogens with zero attached hydrogens (tertiary/aromatic N) is 5. The Balaban J connectivity index is 1.38. The number of hydrogen-bond donors (Lipinski definition) is 0. The average molecular weight is 626 g/mol. The second-order valence-electron chi connectivity index (χ2n) is 9.36. The number of carbonyl (C=O) groups excluding carboxylic acids is 2. The minimum atomic E-state index is -3.87. The van der Waals surface area contributed by atoms with E-state index < -0.39 is 27.8 Å². The summed E-state index contributed by atoms with van der Waals surface area (Å²) in [6.45, 7) is 2.61. The molecule has 0 atom stereocenters. The summed E-state index contributed by atoms with van der Waals surface area (Å²) in [6.07, 6.45) is 1.01. The molecule has 5 rings (SSSR count). The molecule has 224 valence electrons. The second-order valence-corrected chi connectivity index (χ2v) is 12.3. The first-order valence-corrected chi connectivity index (χ1v) is 15.6. The first kappa shape index (κ1) is 30.1. The van der Waals surface area contributed by atoms with Crippen molar-refractivity contribution in [3.63, 3.8) is 0 Å². The zero-order chi connectivity index (χ0) is 30.6. The molecular formula is C29H28FN5O6S2. The molecule has 0 aliphatic carbocycles. The van der Waals surface area contributed by atoms with Crippen molar-refractivity contribution < 1.29 is 31.9 Å². The molecule has 43 heavy (non-hydrogen) atoms. The zero-order valence-electron chi connectivity index (χ0n) is 23.3. The Morgan fingerprint density at radius 3 is 2.40 bits per heavy atom. The highest BCUT2D eigenvalue weighted by Gasteiger charge is 2.31. The van der Waals surface area contributed by atoms with E-state index in [0.29, 0.717) is 21.5 Å². The van der Waals surface area contributed by atoms with Gasteiger partial charge in [0.1, 0.15) is 11.6 Å². The number of aromatic nitrogens is 1. The predicted octanol–water partition coefficient (Wildman–Crippen LogP) is 4.59. The van der Waals surface area contributed by atoms with Crippen molar-refractivity contribution in [2.24, 2.45) is 5.10 Å². The normalized spacial score (nSPS) is 14.3. The van der Waals surface area contributed by atoms with Gasteiger partial charge in [0.05, 0.1) is 35.0 Å². The van der Waals surface area contributed by atoms with Crippen LogP contribution in [-0.4, -0.2) is 80.7 Å². The van der Waals surface area contributed by atoms with Gasteiger partial charge in [-0.05, 0) is 79.2 Å². The molecule has 1 aliphatic rings. The van der Waals surface area contributed by atoms with Gasteiger partial charge in [-0.3, -0.25) is 4.79 Å². The van der Waals surface area contributed by atoms with E-state index in [-0.39, 0.29) is 48.4 Å². The Bertz CT molecular complexity index is 1750. The molecule has 14 heteroatoms. The van der Waals surface area contributed by atoms with Gasteiger partial charge in [-0.1, -0.05) is 11.3 Å². The van der Waals surface area contributed by atoms with E-state index in [1.165, 1.54) is 57.9 Å². The summed E-state index contributed by atoms with van der Waals surface area (Å²) in [4.78, 5) is 31.6. The van der Waals surface area contributed by atoms with E-state index in [4.69, 9.17) is 9.47 Å². The fourth-order valence-corrected chi connectivity index (χ4v) is 6.72. The van der Waals surface area contributed by atoms with E-state index in [0.717, 1.165) is 16.3 Å². The maximum atomic E-state index is 13.8. The van der Waals surface area contributed by atoms with Crippen LogP contribution in [0.4, 0.5) is 14.3 Å². The lowest BCUT2D eigenvalue weighted by molar-refractivity contribution is 0.0933. The molecule has 0 radical (unpaired) electrons. The number of sulfonamides is 1. The molecule has 1 fully saturated rings. The first-order chi connectivity index (χ1) is 20.7. The number of benzene rings is 3. The molecule has 2 amide bonds. The van der Waals surface area contributed by atoms with Gasteiger partial charge >= 0.3 is 6.09 Å². The highest BCUT2D eigenvalue weighted by molar-refractivity contribution is 7.89. The van der Waals surface area contributed by atoms with Gasteiger partial charge in [0, 0.05) is 31.7 Å². The van der Waals surface area contributed by atoms with Crippen molar-refractivity contribution >= 4 is 54.9 Å². The third-order valence-electron chi connectivity index (χ3n) is 6.65. The van der Waals surface area contributed by atoms with Gasteiger partial charge in [0.25, 0.3) is 5.91 Å². The van der Waals surface area contributed by atoms with Crippen LogP contribution in [-0.2, 0) is 14.8 Å². The number of halogens is 1. The molecule has 1 aliphatic heterocycles. The lowest BCUT2D eigenvalue weighted by Crippen LogP contribution is -2.50. The minimum absolute atomic E-state index is 0.0115. The van der Waals surface area contributed by atoms with Crippen LogP contribution in [0.15, 0.2) is 76.7 Å². The highest BCUT2D eigenvalue weighted by Crippen LogP contribution is 2.31. The molecule has 0 spiro atoms. The molecular weight excluding hydrogens is 597 g/mol. The number of thiazole rings is 1. The summed E-state index contributed by atoms with van der Waals surface area (Å²) in [7, 11) is -2.31. The maximum absolute atomic E-state index is 13.8. The number of fused-ring (bicyclic) bond motifs is 1. The SMILES string of the molecule is CCOC(=O)N1CCN(S(=O)(=O)c2ccc(C(=O)N(/N=C/c3ccc(OC)cc3)c3nc4ccc(F)cc4s3)cc2)CC1. The fourth-order valence-electron chi connectivity index (χ4n) is 4.35. The van der Waals surface area contributed by atoms with Crippen molar-refractivity contribution in [2.75, 3.05) is 44.9 Å². The number of hydrazone groups is 1. The molecule has 3 aromatic carbocycles. The van der Waals surface area contributed by atoms with Crippen molar-refractivity contribution in [3.05, 3.63) is 83.7 Å². The summed E-state index contributed by atoms with van der Waals surface area (Å²) in [5, 5.41) is 5.71. The maximum Gasteiger partial charge on any atom is 0.409 e. The number of hydrogen-bond acceptors (Lipinski definition) is 9. The largest absolute Gasteiger partial charge is 0.497 e. The number of ether oxygens (including phenoxy) is 2. The van der Waals surface area contributed by atoms with Crippen LogP contribution >= 0.6 is 11.3 Å². The second kappa shape index (κ2) is 12.9. The summed E-state index contributed by atoms with van der Waals surface area (Å²) in [6, 6.07) is 16.7.